The van der Waals surface area contributed by atoms with Crippen molar-refractivity contribution in [3.8, 4) is 0 Å². The highest BCUT2D eigenvalue weighted by atomic mass is 35.5. The molecule has 0 spiro atoms. The number of carbonyl (C=O) groups is 1. The number of hydrogen-bond acceptors (Lipinski definition) is 6. The highest BCUT2D eigenvalue weighted by Gasteiger charge is 2.25. The van der Waals surface area contributed by atoms with Gasteiger partial charge in [-0.1, -0.05) is 17.7 Å². The van der Waals surface area contributed by atoms with E-state index in [1.807, 2.05) is 24.4 Å². The maximum Gasteiger partial charge on any atom is 0.178 e. The van der Waals surface area contributed by atoms with Crippen LogP contribution in [-0.2, 0) is 11.3 Å². The van der Waals surface area contributed by atoms with Crippen LogP contribution in [0, 0.1) is 5.82 Å². The molecule has 186 valence electrons. The Hall–Kier alpha value is -2.36. The number of rotatable bonds is 9. The van der Waals surface area contributed by atoms with Crippen LogP contribution in [-0.4, -0.2) is 72.2 Å². The summed E-state index contributed by atoms with van der Waals surface area (Å²) in [6, 6.07) is 7.59. The van der Waals surface area contributed by atoms with E-state index >= 15 is 0 Å². The number of Topliss-reactive ketones (excluding diaryl/α,β-unsaturated/α-hetero) is 1. The summed E-state index contributed by atoms with van der Waals surface area (Å²) in [5.41, 5.74) is 2.40. The molecule has 1 unspecified atom stereocenters. The molecule has 2 aliphatic rings. The van der Waals surface area contributed by atoms with Crippen molar-refractivity contribution in [3.05, 3.63) is 64.8 Å². The SMILES string of the molecule is O=C(CNCC(c1cncc(F)c1)N1CCOCC1)c1cn(C[C@@H]2CCCN2)c2cccc(Cl)c12. The molecule has 2 saturated heterocycles. The summed E-state index contributed by atoms with van der Waals surface area (Å²) in [7, 11) is 0. The second kappa shape index (κ2) is 11.1. The lowest BCUT2D eigenvalue weighted by molar-refractivity contribution is 0.0161. The molecule has 2 N–H and O–H groups in total. The fraction of sp³-hybridized carbons (Fsp3) is 0.462. The first-order chi connectivity index (χ1) is 17.1. The Morgan fingerprint density at radius 2 is 2.17 bits per heavy atom. The molecular formula is C26H31ClFN5O2. The first-order valence-electron chi connectivity index (χ1n) is 12.3. The Balaban J connectivity index is 1.32. The number of ether oxygens (including phenoxy) is 1. The Labute approximate surface area is 209 Å². The summed E-state index contributed by atoms with van der Waals surface area (Å²) in [4.78, 5) is 19.6. The van der Waals surface area contributed by atoms with Crippen molar-refractivity contribution < 1.29 is 13.9 Å². The number of carbonyl (C=O) groups excluding carboxylic acids is 1. The third-order valence-corrected chi connectivity index (χ3v) is 7.27. The van der Waals surface area contributed by atoms with Gasteiger partial charge in [0.2, 0.25) is 0 Å². The molecule has 0 amide bonds. The lowest BCUT2D eigenvalue weighted by Crippen LogP contribution is -2.43. The van der Waals surface area contributed by atoms with Crippen molar-refractivity contribution in [1.29, 1.82) is 0 Å². The number of hydrogen-bond donors (Lipinski definition) is 2. The fourth-order valence-electron chi connectivity index (χ4n) is 5.20. The van der Waals surface area contributed by atoms with Crippen LogP contribution in [0.2, 0.25) is 5.02 Å². The summed E-state index contributed by atoms with van der Waals surface area (Å²) >= 11 is 6.55. The molecule has 9 heteroatoms. The number of pyridine rings is 1. The van der Waals surface area contributed by atoms with E-state index in [4.69, 9.17) is 16.3 Å². The van der Waals surface area contributed by atoms with Crippen molar-refractivity contribution in [1.82, 2.24) is 25.1 Å². The predicted octanol–water partition coefficient (Wildman–Crippen LogP) is 3.43. The van der Waals surface area contributed by atoms with Gasteiger partial charge in [0, 0.05) is 61.6 Å². The molecule has 2 aliphatic heterocycles. The zero-order chi connectivity index (χ0) is 24.2. The Kier molecular flexibility index (Phi) is 7.75. The number of nitrogens with one attached hydrogen (secondary N) is 2. The molecule has 2 fully saturated rings. The maximum atomic E-state index is 13.9. The van der Waals surface area contributed by atoms with Gasteiger partial charge in [0.15, 0.2) is 5.78 Å². The molecule has 2 atom stereocenters. The number of halogens is 2. The van der Waals surface area contributed by atoms with Gasteiger partial charge in [-0.2, -0.15) is 0 Å². The van der Waals surface area contributed by atoms with Gasteiger partial charge in [-0.15, -0.1) is 0 Å². The van der Waals surface area contributed by atoms with E-state index in [-0.39, 0.29) is 24.2 Å². The molecule has 1 aromatic carbocycles. The monoisotopic (exact) mass is 499 g/mol. The molecule has 3 aromatic rings. The molecule has 0 saturated carbocycles. The van der Waals surface area contributed by atoms with Gasteiger partial charge >= 0.3 is 0 Å². The van der Waals surface area contributed by atoms with Crippen LogP contribution >= 0.6 is 11.6 Å². The lowest BCUT2D eigenvalue weighted by Gasteiger charge is -2.34. The number of nitrogens with zero attached hydrogens (tertiary/aromatic N) is 3. The van der Waals surface area contributed by atoms with Crippen LogP contribution in [0.15, 0.2) is 42.9 Å². The largest absolute Gasteiger partial charge is 0.379 e. The molecule has 2 aromatic heterocycles. The minimum absolute atomic E-state index is 0.0145. The molecule has 0 radical (unpaired) electrons. The van der Waals surface area contributed by atoms with Gasteiger partial charge in [-0.05, 0) is 43.1 Å². The Morgan fingerprint density at radius 1 is 1.31 bits per heavy atom. The van der Waals surface area contributed by atoms with Crippen LogP contribution in [0.4, 0.5) is 4.39 Å². The zero-order valence-electron chi connectivity index (χ0n) is 19.7. The highest BCUT2D eigenvalue weighted by molar-refractivity contribution is 6.37. The van der Waals surface area contributed by atoms with E-state index in [9.17, 15) is 9.18 Å². The van der Waals surface area contributed by atoms with Crippen LogP contribution in [0.1, 0.15) is 34.8 Å². The second-order valence-corrected chi connectivity index (χ2v) is 9.68. The van der Waals surface area contributed by atoms with Gasteiger partial charge in [0.05, 0.1) is 36.5 Å². The van der Waals surface area contributed by atoms with Gasteiger partial charge in [-0.3, -0.25) is 14.7 Å². The normalized spacial score (nSPS) is 19.9. The number of benzene rings is 1. The van der Waals surface area contributed by atoms with E-state index in [2.05, 4.69) is 25.1 Å². The average Bonchev–Trinajstić information content (AvgIpc) is 3.51. The number of fused-ring (bicyclic) bond motifs is 1. The number of aromatic nitrogens is 2. The molecule has 0 aliphatic carbocycles. The summed E-state index contributed by atoms with van der Waals surface area (Å²) in [6.07, 6.45) is 7.14. The summed E-state index contributed by atoms with van der Waals surface area (Å²) in [6.45, 7) is 5.25. The van der Waals surface area contributed by atoms with Gasteiger partial charge < -0.3 is 19.9 Å². The molecule has 7 nitrogen and oxygen atoms in total. The van der Waals surface area contributed by atoms with E-state index in [0.29, 0.717) is 36.4 Å². The van der Waals surface area contributed by atoms with E-state index in [0.717, 1.165) is 49.1 Å². The molecule has 5 rings (SSSR count). The van der Waals surface area contributed by atoms with Crippen LogP contribution in [0.5, 0.6) is 0 Å². The van der Waals surface area contributed by atoms with Crippen LogP contribution in [0.25, 0.3) is 10.9 Å². The number of ketones is 1. The Morgan fingerprint density at radius 3 is 2.94 bits per heavy atom. The standard InChI is InChI=1S/C26H31ClFN5O2/c27-22-4-1-5-23-26(22)21(17-33(23)16-20-3-2-6-31-20)25(34)15-30-14-24(32-7-9-35-10-8-32)18-11-19(28)13-29-12-18/h1,4-5,11-13,17,20,24,30-31H,2-3,6-10,14-16H2/t20-,24?/m0/s1. The third-order valence-electron chi connectivity index (χ3n) is 6.96. The first kappa shape index (κ1) is 24.3. The second-order valence-electron chi connectivity index (χ2n) is 9.28. The predicted molar refractivity (Wildman–Crippen MR) is 135 cm³/mol. The smallest absolute Gasteiger partial charge is 0.178 e. The zero-order valence-corrected chi connectivity index (χ0v) is 20.4. The van der Waals surface area contributed by atoms with Gasteiger partial charge in [0.1, 0.15) is 5.82 Å². The highest BCUT2D eigenvalue weighted by Crippen LogP contribution is 2.30. The van der Waals surface area contributed by atoms with Gasteiger partial charge in [0.25, 0.3) is 0 Å². The average molecular weight is 500 g/mol. The summed E-state index contributed by atoms with van der Waals surface area (Å²) in [5.74, 6) is -0.379. The topological polar surface area (TPSA) is 71.4 Å². The van der Waals surface area contributed by atoms with Gasteiger partial charge in [-0.25, -0.2) is 4.39 Å². The van der Waals surface area contributed by atoms with E-state index in [1.165, 1.54) is 18.7 Å². The summed E-state index contributed by atoms with van der Waals surface area (Å²) < 4.78 is 21.5. The van der Waals surface area contributed by atoms with Crippen molar-refractivity contribution in [3.63, 3.8) is 0 Å². The van der Waals surface area contributed by atoms with Crippen molar-refractivity contribution in [2.24, 2.45) is 0 Å². The molecule has 0 bridgehead atoms. The van der Waals surface area contributed by atoms with Crippen LogP contribution < -0.4 is 10.6 Å². The minimum Gasteiger partial charge on any atom is -0.379 e. The quantitative estimate of drug-likeness (QED) is 0.440. The first-order valence-corrected chi connectivity index (χ1v) is 12.6. The van der Waals surface area contributed by atoms with Crippen molar-refractivity contribution >= 4 is 28.3 Å². The van der Waals surface area contributed by atoms with E-state index in [1.54, 1.807) is 6.20 Å². The van der Waals surface area contributed by atoms with E-state index < -0.39 is 0 Å². The minimum atomic E-state index is -0.365. The maximum absolute atomic E-state index is 13.9. The Bertz CT molecular complexity index is 1170. The molecule has 35 heavy (non-hydrogen) atoms. The third kappa shape index (κ3) is 5.57. The van der Waals surface area contributed by atoms with Crippen molar-refractivity contribution in [2.75, 3.05) is 45.9 Å². The fourth-order valence-corrected chi connectivity index (χ4v) is 5.47. The number of morpholine rings is 1. The molecule has 4 heterocycles. The van der Waals surface area contributed by atoms with Crippen LogP contribution in [0.3, 0.4) is 0 Å². The lowest BCUT2D eigenvalue weighted by atomic mass is 10.1. The molecular weight excluding hydrogens is 469 g/mol. The summed E-state index contributed by atoms with van der Waals surface area (Å²) in [5, 5.41) is 8.23. The van der Waals surface area contributed by atoms with Crippen molar-refractivity contribution in [2.45, 2.75) is 31.5 Å².